The van der Waals surface area contributed by atoms with Crippen molar-refractivity contribution in [1.82, 2.24) is 14.9 Å². The number of rotatable bonds is 3. The van der Waals surface area contributed by atoms with E-state index in [2.05, 4.69) is 10.0 Å². The molecule has 8 heteroatoms. The highest BCUT2D eigenvalue weighted by molar-refractivity contribution is 7.89. The van der Waals surface area contributed by atoms with Crippen molar-refractivity contribution in [2.75, 3.05) is 26.2 Å². The van der Waals surface area contributed by atoms with Crippen molar-refractivity contribution in [1.29, 1.82) is 0 Å². The van der Waals surface area contributed by atoms with E-state index >= 15 is 0 Å². The molecule has 27 heavy (non-hydrogen) atoms. The first-order chi connectivity index (χ1) is 12.1. The fourth-order valence-electron chi connectivity index (χ4n) is 3.83. The van der Waals surface area contributed by atoms with E-state index in [-0.39, 0.29) is 23.2 Å². The molecule has 0 bridgehead atoms. The summed E-state index contributed by atoms with van der Waals surface area (Å²) in [6.07, 6.45) is 3.27. The molecule has 2 N–H and O–H groups in total. The summed E-state index contributed by atoms with van der Waals surface area (Å²) < 4.78 is 27.3. The molecular formula is C19H30ClN3O3S. The Morgan fingerprint density at radius 2 is 1.70 bits per heavy atom. The molecule has 0 aromatic heterocycles. The van der Waals surface area contributed by atoms with Crippen LogP contribution in [0.3, 0.4) is 0 Å². The number of hydrogen-bond acceptors (Lipinski definition) is 4. The minimum Gasteiger partial charge on any atom is -0.339 e. The van der Waals surface area contributed by atoms with Crippen molar-refractivity contribution in [3.63, 3.8) is 0 Å². The summed E-state index contributed by atoms with van der Waals surface area (Å²) in [7, 11) is -3.58. The van der Waals surface area contributed by atoms with Gasteiger partial charge in [0.05, 0.1) is 4.90 Å². The van der Waals surface area contributed by atoms with Crippen LogP contribution in [0.5, 0.6) is 0 Å². The zero-order valence-corrected chi connectivity index (χ0v) is 17.9. The predicted octanol–water partition coefficient (Wildman–Crippen LogP) is 2.40. The Bertz CT molecular complexity index is 756. The molecule has 0 unspecified atom stereocenters. The van der Waals surface area contributed by atoms with Gasteiger partial charge in [-0.2, -0.15) is 0 Å². The van der Waals surface area contributed by atoms with Gasteiger partial charge >= 0.3 is 0 Å². The van der Waals surface area contributed by atoms with Crippen molar-refractivity contribution in [2.24, 2.45) is 5.41 Å². The quantitative estimate of drug-likeness (QED) is 0.794. The molecule has 0 aliphatic carbocycles. The van der Waals surface area contributed by atoms with E-state index in [1.807, 2.05) is 4.90 Å². The van der Waals surface area contributed by atoms with Gasteiger partial charge in [-0.25, -0.2) is 13.1 Å². The summed E-state index contributed by atoms with van der Waals surface area (Å²) in [4.78, 5) is 14.8. The van der Waals surface area contributed by atoms with Gasteiger partial charge in [0.25, 0.3) is 5.91 Å². The number of carbonyl (C=O) groups excluding carboxylic acids is 1. The highest BCUT2D eigenvalue weighted by Gasteiger charge is 2.38. The van der Waals surface area contributed by atoms with Crippen LogP contribution in [-0.2, 0) is 10.0 Å². The molecule has 6 nitrogen and oxygen atoms in total. The van der Waals surface area contributed by atoms with Crippen LogP contribution >= 0.6 is 12.4 Å². The van der Waals surface area contributed by atoms with Gasteiger partial charge in [-0.15, -0.1) is 12.4 Å². The lowest BCUT2D eigenvalue weighted by Crippen LogP contribution is -2.44. The first-order valence-electron chi connectivity index (χ1n) is 9.24. The van der Waals surface area contributed by atoms with Gasteiger partial charge in [0, 0.05) is 30.7 Å². The van der Waals surface area contributed by atoms with Crippen molar-refractivity contribution >= 4 is 28.3 Å². The second-order valence-corrected chi connectivity index (χ2v) is 10.3. The summed E-state index contributed by atoms with van der Waals surface area (Å²) >= 11 is 0. The van der Waals surface area contributed by atoms with Crippen LogP contribution < -0.4 is 10.0 Å². The fourth-order valence-corrected chi connectivity index (χ4v) is 5.25. The molecule has 1 amide bonds. The third kappa shape index (κ3) is 5.22. The number of likely N-dealkylation sites (tertiary alicyclic amines) is 1. The first kappa shape index (κ1) is 22.1. The molecule has 0 saturated carbocycles. The Kier molecular flexibility index (Phi) is 6.62. The van der Waals surface area contributed by atoms with E-state index in [9.17, 15) is 13.2 Å². The summed E-state index contributed by atoms with van der Waals surface area (Å²) in [5.41, 5.74) is 0.361. The molecule has 1 aromatic carbocycles. The lowest BCUT2D eigenvalue weighted by atomic mass is 9.78. The molecule has 1 aromatic rings. The fraction of sp³-hybridized carbons (Fsp3) is 0.632. The van der Waals surface area contributed by atoms with Gasteiger partial charge in [-0.3, -0.25) is 4.79 Å². The second-order valence-electron chi connectivity index (χ2n) is 8.60. The Morgan fingerprint density at radius 1 is 1.11 bits per heavy atom. The lowest BCUT2D eigenvalue weighted by Gasteiger charge is -2.38. The molecule has 2 fully saturated rings. The van der Waals surface area contributed by atoms with Crippen molar-refractivity contribution in [3.05, 3.63) is 29.8 Å². The highest BCUT2D eigenvalue weighted by Crippen LogP contribution is 2.37. The number of carbonyl (C=O) groups is 1. The smallest absolute Gasteiger partial charge is 0.253 e. The maximum atomic E-state index is 12.7. The molecule has 0 atom stereocenters. The van der Waals surface area contributed by atoms with E-state index < -0.39 is 15.6 Å². The van der Waals surface area contributed by atoms with Crippen LogP contribution in [0.15, 0.2) is 29.2 Å². The molecule has 0 radical (unpaired) electrons. The Balaban J connectivity index is 0.00000261. The molecule has 2 aliphatic rings. The Hall–Kier alpha value is -1.15. The van der Waals surface area contributed by atoms with Gasteiger partial charge in [0.2, 0.25) is 10.0 Å². The minimum atomic E-state index is -3.58. The van der Waals surface area contributed by atoms with E-state index in [0.29, 0.717) is 11.0 Å². The minimum absolute atomic E-state index is 0. The largest absolute Gasteiger partial charge is 0.339 e. The Labute approximate surface area is 168 Å². The van der Waals surface area contributed by atoms with Crippen molar-refractivity contribution in [2.45, 2.75) is 50.5 Å². The first-order valence-corrected chi connectivity index (χ1v) is 10.7. The van der Waals surface area contributed by atoms with E-state index in [0.717, 1.165) is 39.0 Å². The molecule has 2 heterocycles. The maximum Gasteiger partial charge on any atom is 0.253 e. The van der Waals surface area contributed by atoms with Crippen LogP contribution in [0.1, 0.15) is 50.4 Å². The lowest BCUT2D eigenvalue weighted by molar-refractivity contribution is 0.0607. The Morgan fingerprint density at radius 3 is 2.19 bits per heavy atom. The number of amides is 1. The maximum absolute atomic E-state index is 12.7. The zero-order chi connectivity index (χ0) is 19.0. The summed E-state index contributed by atoms with van der Waals surface area (Å²) in [5.74, 6) is -0.0152. The van der Waals surface area contributed by atoms with Crippen molar-refractivity contribution in [3.8, 4) is 0 Å². The van der Waals surface area contributed by atoms with Gasteiger partial charge in [0.15, 0.2) is 0 Å². The topological polar surface area (TPSA) is 78.5 Å². The summed E-state index contributed by atoms with van der Waals surface area (Å²) in [5, 5.41) is 3.43. The van der Waals surface area contributed by atoms with Gasteiger partial charge in [-0.1, -0.05) is 0 Å². The van der Waals surface area contributed by atoms with Crippen LogP contribution in [0.2, 0.25) is 0 Å². The number of piperidine rings is 1. The van der Waals surface area contributed by atoms with Crippen LogP contribution in [0.4, 0.5) is 0 Å². The molecule has 152 valence electrons. The number of sulfonamides is 1. The highest BCUT2D eigenvalue weighted by atomic mass is 35.5. The average Bonchev–Trinajstić information content (AvgIpc) is 3.01. The van der Waals surface area contributed by atoms with Gasteiger partial charge in [0.1, 0.15) is 0 Å². The normalized spacial score (nSPS) is 19.7. The van der Waals surface area contributed by atoms with Gasteiger partial charge in [-0.05, 0) is 76.3 Å². The molecule has 2 saturated heterocycles. The second kappa shape index (κ2) is 8.07. The summed E-state index contributed by atoms with van der Waals surface area (Å²) in [6.45, 7) is 9.06. The molecule has 3 rings (SSSR count). The number of benzene rings is 1. The molecule has 2 aliphatic heterocycles. The predicted molar refractivity (Wildman–Crippen MR) is 109 cm³/mol. The van der Waals surface area contributed by atoms with Crippen molar-refractivity contribution < 1.29 is 13.2 Å². The van der Waals surface area contributed by atoms with Crippen LogP contribution in [0, 0.1) is 5.41 Å². The third-order valence-electron chi connectivity index (χ3n) is 5.30. The van der Waals surface area contributed by atoms with Gasteiger partial charge < -0.3 is 10.2 Å². The summed E-state index contributed by atoms with van der Waals surface area (Å²) in [6, 6.07) is 6.24. The number of hydrogen-bond donors (Lipinski definition) is 2. The standard InChI is InChI=1S/C19H29N3O3S.ClH/c1-18(2,3)21-26(24,25)16-6-4-15(5-7-16)17(23)22-12-9-19(10-13-22)8-11-20-14-19;/h4-7,20-21H,8-14H2,1-3H3;1H. The number of nitrogens with one attached hydrogen (secondary N) is 2. The SMILES string of the molecule is CC(C)(C)NS(=O)(=O)c1ccc(C(=O)N2CCC3(CCNC3)CC2)cc1.Cl. The molecule has 1 spiro atoms. The van der Waals surface area contributed by atoms with E-state index in [4.69, 9.17) is 0 Å². The number of halogens is 1. The monoisotopic (exact) mass is 415 g/mol. The average molecular weight is 416 g/mol. The van der Waals surface area contributed by atoms with Crippen LogP contribution in [0.25, 0.3) is 0 Å². The third-order valence-corrected chi connectivity index (χ3v) is 7.07. The van der Waals surface area contributed by atoms with Crippen LogP contribution in [-0.4, -0.2) is 50.9 Å². The molecular weight excluding hydrogens is 386 g/mol. The zero-order valence-electron chi connectivity index (χ0n) is 16.2. The van der Waals surface area contributed by atoms with E-state index in [1.165, 1.54) is 18.6 Å². The number of nitrogens with zero attached hydrogens (tertiary/aromatic N) is 1. The van der Waals surface area contributed by atoms with E-state index in [1.54, 1.807) is 32.9 Å².